The van der Waals surface area contributed by atoms with Crippen molar-refractivity contribution in [2.45, 2.75) is 31.7 Å². The van der Waals surface area contributed by atoms with Crippen LogP contribution >= 0.6 is 0 Å². The molecule has 0 bridgehead atoms. The summed E-state index contributed by atoms with van der Waals surface area (Å²) in [5.74, 6) is -1.40. The molecule has 1 aromatic heterocycles. The van der Waals surface area contributed by atoms with Crippen LogP contribution in [-0.4, -0.2) is 22.4 Å². The number of aromatic nitrogens is 1. The highest BCUT2D eigenvalue weighted by Gasteiger charge is 2.34. The van der Waals surface area contributed by atoms with E-state index in [4.69, 9.17) is 10.5 Å². The Bertz CT molecular complexity index is 1470. The van der Waals surface area contributed by atoms with Gasteiger partial charge in [-0.1, -0.05) is 36.4 Å². The van der Waals surface area contributed by atoms with Crippen LogP contribution in [0.1, 0.15) is 29.2 Å². The van der Waals surface area contributed by atoms with E-state index in [-0.39, 0.29) is 11.3 Å². The monoisotopic (exact) mass is 494 g/mol. The lowest BCUT2D eigenvalue weighted by molar-refractivity contribution is -0.275. The Kier molecular flexibility index (Phi) is 5.91. The van der Waals surface area contributed by atoms with Gasteiger partial charge in [-0.25, -0.2) is 4.98 Å². The molecule has 184 valence electrons. The number of hydrogen-bond acceptors (Lipinski definition) is 5. The number of hydrogen-bond donors (Lipinski definition) is 2. The number of benzene rings is 3. The first-order valence-corrected chi connectivity index (χ1v) is 11.2. The second kappa shape index (κ2) is 9.07. The van der Waals surface area contributed by atoms with Crippen molar-refractivity contribution in [3.63, 3.8) is 0 Å². The number of nitrogens with two attached hydrogens (primary N) is 1. The lowest BCUT2D eigenvalue weighted by atomic mass is 9.96. The summed E-state index contributed by atoms with van der Waals surface area (Å²) >= 11 is 0. The minimum atomic E-state index is -4.96. The van der Waals surface area contributed by atoms with Crippen LogP contribution in [0.15, 0.2) is 66.9 Å². The molecule has 5 rings (SSSR count). The number of nitrogen functional groups attached to an aromatic ring is 1. The second-order valence-electron chi connectivity index (χ2n) is 8.51. The summed E-state index contributed by atoms with van der Waals surface area (Å²) in [6.45, 7) is 0. The van der Waals surface area contributed by atoms with Gasteiger partial charge in [0.2, 0.25) is 0 Å². The molecule has 36 heavy (non-hydrogen) atoms. The smallest absolute Gasteiger partial charge is 0.485 e. The van der Waals surface area contributed by atoms with E-state index < -0.39 is 30.6 Å². The number of carbonyl (C=O) groups is 1. The predicted molar refractivity (Wildman–Crippen MR) is 128 cm³/mol. The minimum Gasteiger partial charge on any atom is -0.485 e. The molecule has 1 aliphatic rings. The van der Waals surface area contributed by atoms with Crippen molar-refractivity contribution in [1.82, 2.24) is 4.98 Å². The topological polar surface area (TPSA) is 94.7 Å². The number of alkyl halides is 3. The van der Waals surface area contributed by atoms with Crippen LogP contribution < -0.4 is 15.2 Å². The first kappa shape index (κ1) is 23.5. The van der Waals surface area contributed by atoms with Crippen LogP contribution in [0, 0.1) is 0 Å². The largest absolute Gasteiger partial charge is 0.573 e. The molecule has 0 fully saturated rings. The summed E-state index contributed by atoms with van der Waals surface area (Å²) in [6.07, 6.45) is -3.12. The van der Waals surface area contributed by atoms with E-state index in [0.29, 0.717) is 12.2 Å². The van der Waals surface area contributed by atoms with E-state index >= 15 is 0 Å². The normalized spacial score (nSPS) is 15.0. The Morgan fingerprint density at radius 1 is 1.06 bits per heavy atom. The molecule has 0 saturated heterocycles. The summed E-state index contributed by atoms with van der Waals surface area (Å²) in [5.41, 5.74) is 9.74. The summed E-state index contributed by atoms with van der Waals surface area (Å²) in [7, 11) is 0. The van der Waals surface area contributed by atoms with Gasteiger partial charge in [0, 0.05) is 17.1 Å². The molecule has 9 heteroatoms. The molecule has 3 aromatic carbocycles. The number of aliphatic carboxylic acids is 1. The van der Waals surface area contributed by atoms with Crippen molar-refractivity contribution in [2.75, 3.05) is 5.73 Å². The lowest BCUT2D eigenvalue weighted by Crippen LogP contribution is -2.19. The molecular weight excluding hydrogens is 473 g/mol. The third-order valence-corrected chi connectivity index (χ3v) is 6.23. The van der Waals surface area contributed by atoms with Crippen LogP contribution in [0.2, 0.25) is 0 Å². The molecular formula is C27H21F3N2O4. The van der Waals surface area contributed by atoms with E-state index in [1.807, 2.05) is 42.5 Å². The number of ether oxygens (including phenoxy) is 2. The van der Waals surface area contributed by atoms with Crippen molar-refractivity contribution in [2.24, 2.45) is 0 Å². The number of pyridine rings is 1. The van der Waals surface area contributed by atoms with E-state index in [9.17, 15) is 23.1 Å². The highest BCUT2D eigenvalue weighted by molar-refractivity contribution is 6.01. The van der Waals surface area contributed by atoms with Crippen LogP contribution in [-0.2, 0) is 17.6 Å². The molecule has 1 aliphatic carbocycles. The summed E-state index contributed by atoms with van der Waals surface area (Å²) in [4.78, 5) is 15.6. The van der Waals surface area contributed by atoms with Crippen LogP contribution in [0.25, 0.3) is 21.9 Å². The zero-order valence-electron chi connectivity index (χ0n) is 18.9. The number of halogens is 3. The number of rotatable bonds is 6. The summed E-state index contributed by atoms with van der Waals surface area (Å²) in [6, 6.07) is 17.6. The zero-order valence-corrected chi connectivity index (χ0v) is 18.9. The summed E-state index contributed by atoms with van der Waals surface area (Å²) in [5, 5.41) is 11.1. The van der Waals surface area contributed by atoms with Crippen LogP contribution in [0.3, 0.4) is 0 Å². The molecule has 0 aliphatic heterocycles. The Hall–Kier alpha value is -4.27. The average Bonchev–Trinajstić information content (AvgIpc) is 3.22. The fourth-order valence-electron chi connectivity index (χ4n) is 4.69. The molecule has 0 radical (unpaired) electrons. The van der Waals surface area contributed by atoms with Crippen molar-refractivity contribution < 1.29 is 32.5 Å². The van der Waals surface area contributed by atoms with Gasteiger partial charge in [0.1, 0.15) is 23.4 Å². The van der Waals surface area contributed by atoms with Gasteiger partial charge in [-0.2, -0.15) is 0 Å². The van der Waals surface area contributed by atoms with Crippen LogP contribution in [0.5, 0.6) is 11.5 Å². The van der Waals surface area contributed by atoms with E-state index in [1.54, 1.807) is 6.20 Å². The zero-order chi connectivity index (χ0) is 25.4. The van der Waals surface area contributed by atoms with Crippen molar-refractivity contribution >= 4 is 22.6 Å². The van der Waals surface area contributed by atoms with E-state index in [2.05, 4.69) is 9.72 Å². The molecule has 3 N–H and O–H groups in total. The number of anilines is 1. The Labute approximate surface area is 204 Å². The highest BCUT2D eigenvalue weighted by Crippen LogP contribution is 2.41. The fourth-order valence-corrected chi connectivity index (χ4v) is 4.69. The van der Waals surface area contributed by atoms with Gasteiger partial charge in [0.15, 0.2) is 0 Å². The maximum Gasteiger partial charge on any atom is 0.573 e. The molecule has 0 saturated carbocycles. The second-order valence-corrected chi connectivity index (χ2v) is 8.51. The Morgan fingerprint density at radius 2 is 1.83 bits per heavy atom. The van der Waals surface area contributed by atoms with Gasteiger partial charge in [-0.05, 0) is 64.7 Å². The fraction of sp³-hybridized carbons (Fsp3) is 0.185. The maximum atomic E-state index is 12.9. The summed E-state index contributed by atoms with van der Waals surface area (Å²) < 4.78 is 49.0. The first-order chi connectivity index (χ1) is 17.2. The van der Waals surface area contributed by atoms with Gasteiger partial charge in [-0.15, -0.1) is 13.2 Å². The first-order valence-electron chi connectivity index (χ1n) is 11.2. The Balaban J connectivity index is 1.52. The average molecular weight is 494 g/mol. The third kappa shape index (κ3) is 4.64. The van der Waals surface area contributed by atoms with Crippen LogP contribution in [0.4, 0.5) is 19.0 Å². The highest BCUT2D eigenvalue weighted by atomic mass is 19.4. The van der Waals surface area contributed by atoms with Gasteiger partial charge in [0.05, 0.1) is 6.42 Å². The molecule has 0 spiro atoms. The third-order valence-electron chi connectivity index (χ3n) is 6.23. The van der Waals surface area contributed by atoms with Crippen molar-refractivity contribution in [1.29, 1.82) is 0 Å². The molecule has 6 nitrogen and oxygen atoms in total. The molecule has 0 amide bonds. The lowest BCUT2D eigenvalue weighted by Gasteiger charge is -2.20. The minimum absolute atomic E-state index is 0.0476. The van der Waals surface area contributed by atoms with Crippen molar-refractivity contribution in [3.05, 3.63) is 83.6 Å². The molecule has 4 aromatic rings. The molecule has 1 atom stereocenters. The van der Waals surface area contributed by atoms with Gasteiger partial charge < -0.3 is 20.3 Å². The number of carboxylic acid groups (broad SMARTS) is 1. The number of nitrogens with zero attached hydrogens (tertiary/aromatic N) is 1. The number of aryl methyl sites for hydroxylation is 1. The molecule has 1 unspecified atom stereocenters. The SMILES string of the molecule is Nc1nccc2c(-c3ccc4c(c3)C(Oc3cccc(OC(F)(F)F)c3CC(=O)O)CC4)cccc12. The van der Waals surface area contributed by atoms with Gasteiger partial charge in [0.25, 0.3) is 0 Å². The number of fused-ring (bicyclic) bond motifs is 2. The van der Waals surface area contributed by atoms with Gasteiger partial charge >= 0.3 is 12.3 Å². The molecule has 1 heterocycles. The van der Waals surface area contributed by atoms with Crippen molar-refractivity contribution in [3.8, 4) is 22.6 Å². The van der Waals surface area contributed by atoms with E-state index in [1.165, 1.54) is 12.1 Å². The standard InChI is InChI=1S/C27H21F3N2O4/c28-27(29,30)36-24-6-2-5-22(21(24)14-25(33)34)35-23-10-9-15-7-8-16(13-20(15)23)17-3-1-4-19-18(17)11-12-32-26(19)31/h1-8,11-13,23H,9-10,14H2,(H2,31,32)(H,33,34). The quantitative estimate of drug-likeness (QED) is 0.338. The Morgan fingerprint density at radius 3 is 2.61 bits per heavy atom. The van der Waals surface area contributed by atoms with Gasteiger partial charge in [-0.3, -0.25) is 4.79 Å². The number of carboxylic acids is 1. The maximum absolute atomic E-state index is 12.9. The predicted octanol–water partition coefficient (Wildman–Crippen LogP) is 6.08. The van der Waals surface area contributed by atoms with E-state index in [0.717, 1.165) is 45.5 Å².